The van der Waals surface area contributed by atoms with Gasteiger partial charge in [0.05, 0.1) is 22.6 Å². The Morgan fingerprint density at radius 2 is 1.36 bits per heavy atom. The van der Waals surface area contributed by atoms with Crippen LogP contribution in [0.4, 0.5) is 24.9 Å². The molecule has 4 rings (SSSR count). The van der Waals surface area contributed by atoms with Gasteiger partial charge in [-0.05, 0) is 36.1 Å². The van der Waals surface area contributed by atoms with Crippen molar-refractivity contribution in [2.24, 2.45) is 11.5 Å². The fraction of sp³-hybridized carbons (Fsp3) is 0.379. The molecule has 1 aliphatic rings. The van der Waals surface area contributed by atoms with Gasteiger partial charge in [0.1, 0.15) is 28.0 Å². The van der Waals surface area contributed by atoms with E-state index in [2.05, 4.69) is 40.0 Å². The molecule has 0 spiro atoms. The van der Waals surface area contributed by atoms with Gasteiger partial charge in [0.25, 0.3) is 0 Å². The highest BCUT2D eigenvalue weighted by molar-refractivity contribution is 8.00. The number of primary amides is 2. The zero-order chi connectivity index (χ0) is 37.1. The van der Waals surface area contributed by atoms with Crippen molar-refractivity contribution in [3.05, 3.63) is 52.8 Å². The molecule has 4 N–H and O–H groups in total. The summed E-state index contributed by atoms with van der Waals surface area (Å²) < 4.78 is 63.0. The molecule has 1 saturated heterocycles. The number of nitriles is 2. The average molecular weight is 753 g/mol. The molecule has 0 aromatic carbocycles. The number of aromatic nitrogens is 4. The van der Waals surface area contributed by atoms with Crippen molar-refractivity contribution in [3.63, 3.8) is 0 Å². The summed E-state index contributed by atoms with van der Waals surface area (Å²) in [6, 6.07) is 8.72. The van der Waals surface area contributed by atoms with Crippen LogP contribution in [-0.4, -0.2) is 83.4 Å². The fourth-order valence-corrected chi connectivity index (χ4v) is 6.26. The number of rotatable bonds is 12. The fourth-order valence-electron chi connectivity index (χ4n) is 4.34. The lowest BCUT2D eigenvalue weighted by atomic mass is 10.1. The number of hydrogen-bond donors (Lipinski definition) is 2. The van der Waals surface area contributed by atoms with Crippen LogP contribution in [0, 0.1) is 22.7 Å². The monoisotopic (exact) mass is 752 g/mol. The first-order valence-corrected chi connectivity index (χ1v) is 18.0. The normalized spacial score (nSPS) is 13.0. The Balaban J connectivity index is 0.000000275. The van der Waals surface area contributed by atoms with E-state index in [0.29, 0.717) is 22.4 Å². The standard InChI is InChI=1S/C18H21N7OS.C11H10F3N3O4S2/c1-2-13-10-16(23-17(14(13)11-19)27-12-15(20)26)24-6-8-25(9-7-24)18-21-4-3-5-22-18;1-2-6-3-9(21-23(19,20)11(12,13)14)17-10(7(6)4-15)22-5-8(16)18/h3-5,10H,2,6-9,12H2,1H3,(H2,20,26);3H,2,5H2,1H3,(H2,16,18). The molecule has 3 aromatic rings. The van der Waals surface area contributed by atoms with Crippen LogP contribution in [0.1, 0.15) is 36.1 Å². The first kappa shape index (κ1) is 39.6. The number of carbonyl (C=O) groups is 2. The van der Waals surface area contributed by atoms with Crippen LogP contribution >= 0.6 is 23.5 Å². The molecule has 15 nitrogen and oxygen atoms in total. The van der Waals surface area contributed by atoms with Gasteiger partial charge in [0.15, 0.2) is 0 Å². The Morgan fingerprint density at radius 3 is 1.82 bits per heavy atom. The third-order valence-corrected chi connectivity index (χ3v) is 9.66. The lowest BCUT2D eigenvalue weighted by Crippen LogP contribution is -2.47. The van der Waals surface area contributed by atoms with E-state index in [4.69, 9.17) is 16.7 Å². The van der Waals surface area contributed by atoms with E-state index in [1.54, 1.807) is 31.5 Å². The lowest BCUT2D eigenvalue weighted by molar-refractivity contribution is -0.116. The zero-order valence-corrected chi connectivity index (χ0v) is 29.1. The van der Waals surface area contributed by atoms with E-state index in [1.807, 2.05) is 13.0 Å². The smallest absolute Gasteiger partial charge is 0.369 e. The van der Waals surface area contributed by atoms with Gasteiger partial charge in [-0.2, -0.15) is 32.1 Å². The maximum atomic E-state index is 12.3. The molecule has 0 atom stereocenters. The number of carbonyl (C=O) groups excluding carboxylic acids is 2. The predicted octanol–water partition coefficient (Wildman–Crippen LogP) is 2.53. The Hall–Kier alpha value is -4.86. The van der Waals surface area contributed by atoms with Crippen LogP contribution in [0.5, 0.6) is 5.88 Å². The average Bonchev–Trinajstić information content (AvgIpc) is 3.09. The summed E-state index contributed by atoms with van der Waals surface area (Å²) in [5, 5.41) is 19.0. The third kappa shape index (κ3) is 10.6. The van der Waals surface area contributed by atoms with Crippen molar-refractivity contribution in [2.75, 3.05) is 47.5 Å². The number of halogens is 3. The third-order valence-electron chi connectivity index (χ3n) is 6.70. The van der Waals surface area contributed by atoms with Crippen LogP contribution < -0.4 is 25.5 Å². The molecule has 1 fully saturated rings. The quantitative estimate of drug-likeness (QED) is 0.154. The van der Waals surface area contributed by atoms with Gasteiger partial charge in [-0.15, -0.1) is 0 Å². The summed E-state index contributed by atoms with van der Waals surface area (Å²) in [4.78, 5) is 43.1. The van der Waals surface area contributed by atoms with Crippen LogP contribution in [0.3, 0.4) is 0 Å². The van der Waals surface area contributed by atoms with E-state index < -0.39 is 33.3 Å². The molecule has 0 radical (unpaired) electrons. The van der Waals surface area contributed by atoms with E-state index in [9.17, 15) is 36.4 Å². The number of thioether (sulfide) groups is 2. The highest BCUT2D eigenvalue weighted by atomic mass is 32.2. The summed E-state index contributed by atoms with van der Waals surface area (Å²) in [5.74, 6) is -0.639. The van der Waals surface area contributed by atoms with E-state index in [0.717, 1.165) is 56.0 Å². The molecular weight excluding hydrogens is 722 g/mol. The summed E-state index contributed by atoms with van der Waals surface area (Å²) in [7, 11) is -5.89. The number of alkyl halides is 3. The second-order valence-corrected chi connectivity index (χ2v) is 13.5. The Bertz CT molecular complexity index is 1880. The highest BCUT2D eigenvalue weighted by Crippen LogP contribution is 2.31. The number of nitrogens with zero attached hydrogens (tertiary/aromatic N) is 8. The molecule has 0 bridgehead atoms. The van der Waals surface area contributed by atoms with Crippen molar-refractivity contribution in [1.29, 1.82) is 10.5 Å². The summed E-state index contributed by atoms with van der Waals surface area (Å²) in [5.41, 5.74) is 6.29. The molecule has 0 unspecified atom stereocenters. The van der Waals surface area contributed by atoms with E-state index in [-0.39, 0.29) is 34.1 Å². The molecule has 50 heavy (non-hydrogen) atoms. The summed E-state index contributed by atoms with van der Waals surface area (Å²) in [6.45, 7) is 6.74. The Morgan fingerprint density at radius 1 is 0.880 bits per heavy atom. The minimum absolute atomic E-state index is 0.00973. The molecule has 0 saturated carbocycles. The Kier molecular flexibility index (Phi) is 14.0. The number of anilines is 2. The van der Waals surface area contributed by atoms with Crippen molar-refractivity contribution >= 4 is 57.2 Å². The van der Waals surface area contributed by atoms with E-state index in [1.165, 1.54) is 11.8 Å². The number of amides is 2. The first-order chi connectivity index (χ1) is 23.6. The Labute approximate surface area is 294 Å². The summed E-state index contributed by atoms with van der Waals surface area (Å²) in [6.07, 6.45) is 4.41. The van der Waals surface area contributed by atoms with Gasteiger partial charge in [-0.25, -0.2) is 19.9 Å². The van der Waals surface area contributed by atoms with Crippen molar-refractivity contribution < 1.29 is 35.4 Å². The molecule has 2 amide bonds. The minimum atomic E-state index is -5.89. The van der Waals surface area contributed by atoms with Crippen LogP contribution in [0.15, 0.2) is 40.6 Å². The topological polar surface area (TPSA) is 235 Å². The number of aryl methyl sites for hydroxylation is 2. The van der Waals surface area contributed by atoms with Gasteiger partial charge in [-0.3, -0.25) is 9.59 Å². The number of piperazine rings is 1. The molecule has 266 valence electrons. The number of hydrogen-bond acceptors (Lipinski definition) is 15. The molecule has 21 heteroatoms. The van der Waals surface area contributed by atoms with Crippen LogP contribution in [0.25, 0.3) is 0 Å². The maximum absolute atomic E-state index is 12.3. The SMILES string of the molecule is CCc1cc(N2CCN(c3ncccn3)CC2)nc(SCC(N)=O)c1C#N.CCc1cc(OS(=O)(=O)C(F)(F)F)nc(SCC(N)=O)c1C#N. The number of nitrogens with two attached hydrogens (primary N) is 2. The predicted molar refractivity (Wildman–Crippen MR) is 179 cm³/mol. The van der Waals surface area contributed by atoms with Gasteiger partial charge >= 0.3 is 15.6 Å². The zero-order valence-electron chi connectivity index (χ0n) is 26.7. The largest absolute Gasteiger partial charge is 0.534 e. The maximum Gasteiger partial charge on any atom is 0.534 e. The van der Waals surface area contributed by atoms with Crippen LogP contribution in [-0.2, 0) is 32.5 Å². The lowest BCUT2D eigenvalue weighted by Gasteiger charge is -2.35. The summed E-state index contributed by atoms with van der Waals surface area (Å²) >= 11 is 1.91. The second-order valence-electron chi connectivity index (χ2n) is 10.1. The van der Waals surface area contributed by atoms with Gasteiger partial charge in [-0.1, -0.05) is 37.4 Å². The van der Waals surface area contributed by atoms with Gasteiger partial charge in [0.2, 0.25) is 23.6 Å². The minimum Gasteiger partial charge on any atom is -0.369 e. The molecule has 4 heterocycles. The molecule has 0 aliphatic carbocycles. The van der Waals surface area contributed by atoms with Crippen molar-refractivity contribution in [1.82, 2.24) is 19.9 Å². The first-order valence-electron chi connectivity index (χ1n) is 14.6. The second kappa shape index (κ2) is 17.7. The van der Waals surface area contributed by atoms with Gasteiger partial charge in [0, 0.05) is 44.6 Å². The molecule has 1 aliphatic heterocycles. The van der Waals surface area contributed by atoms with Crippen LogP contribution in [0.2, 0.25) is 0 Å². The molecular formula is C29H31F3N10O5S3. The number of pyridine rings is 2. The van der Waals surface area contributed by atoms with E-state index >= 15 is 0 Å². The molecule has 3 aromatic heterocycles. The van der Waals surface area contributed by atoms with Gasteiger partial charge < -0.3 is 25.5 Å². The van der Waals surface area contributed by atoms with Crippen molar-refractivity contribution in [2.45, 2.75) is 42.2 Å². The highest BCUT2D eigenvalue weighted by Gasteiger charge is 2.49. The van der Waals surface area contributed by atoms with Crippen molar-refractivity contribution in [3.8, 4) is 18.0 Å².